The molecule has 4 aliphatic rings. The van der Waals surface area contributed by atoms with Crippen molar-refractivity contribution in [3.05, 3.63) is 78.4 Å². The molecule has 2 bridgehead atoms. The minimum Gasteiger partial charge on any atom is -0.367 e. The third-order valence-corrected chi connectivity index (χ3v) is 11.5. The number of hydrogen-bond donors (Lipinski definition) is 0. The van der Waals surface area contributed by atoms with E-state index in [1.165, 1.54) is 9.21 Å². The standard InChI is InChI=1S/C32H25N3O5S/c1-31-14-15-32(40-31,16-17-34-24-10-4-6-19-7-5-11-25(26(19)24)41(34,38)39)28-27(31)29(36)35(30(28)37)23-13-12-20(18-33)21-8-2-3-9-22(21)23/h2-13,27-28H,14-17H2,1H3/t27-,28+,31-,32-/m0/s1. The van der Waals surface area contributed by atoms with Gasteiger partial charge in [-0.1, -0.05) is 48.5 Å². The second-order valence-corrected chi connectivity index (χ2v) is 13.5. The highest BCUT2D eigenvalue weighted by Crippen LogP contribution is 2.63. The van der Waals surface area contributed by atoms with Crippen LogP contribution in [0.1, 0.15) is 31.7 Å². The van der Waals surface area contributed by atoms with Gasteiger partial charge in [0.2, 0.25) is 11.8 Å². The summed E-state index contributed by atoms with van der Waals surface area (Å²) in [6, 6.07) is 23.6. The van der Waals surface area contributed by atoms with Crippen LogP contribution in [0.25, 0.3) is 21.5 Å². The van der Waals surface area contributed by atoms with Crippen LogP contribution in [0.4, 0.5) is 11.4 Å². The van der Waals surface area contributed by atoms with E-state index >= 15 is 0 Å². The monoisotopic (exact) mass is 563 g/mol. The van der Waals surface area contributed by atoms with Gasteiger partial charge in [0.25, 0.3) is 10.0 Å². The number of hydrogen-bond acceptors (Lipinski definition) is 6. The summed E-state index contributed by atoms with van der Waals surface area (Å²) in [5.74, 6) is -2.00. The number of imide groups is 1. The van der Waals surface area contributed by atoms with E-state index in [0.717, 1.165) is 5.39 Å². The molecule has 4 heterocycles. The molecule has 4 aromatic rings. The Balaban J connectivity index is 1.17. The SMILES string of the molecule is C[C@@]12CC[C@@](CCN3c4cccc5cccc(c45)S3(=O)=O)(O1)[C@H]1C(=O)N(c3ccc(C#N)c4ccccc34)C(=O)[C@H]12. The van der Waals surface area contributed by atoms with Crippen molar-refractivity contribution in [2.45, 2.75) is 42.3 Å². The van der Waals surface area contributed by atoms with Crippen molar-refractivity contribution in [2.24, 2.45) is 11.8 Å². The number of amides is 2. The van der Waals surface area contributed by atoms with Crippen molar-refractivity contribution in [3.8, 4) is 6.07 Å². The van der Waals surface area contributed by atoms with Gasteiger partial charge >= 0.3 is 0 Å². The number of carbonyl (C=O) groups excluding carboxylic acids is 2. The van der Waals surface area contributed by atoms with E-state index in [1.807, 2.05) is 55.5 Å². The Hall–Kier alpha value is -4.26. The zero-order chi connectivity index (χ0) is 28.3. The van der Waals surface area contributed by atoms with E-state index in [4.69, 9.17) is 4.74 Å². The molecule has 9 heteroatoms. The van der Waals surface area contributed by atoms with E-state index in [-0.39, 0.29) is 29.7 Å². The maximum Gasteiger partial charge on any atom is 0.265 e. The lowest BCUT2D eigenvalue weighted by Crippen LogP contribution is -2.44. The molecule has 8 nitrogen and oxygen atoms in total. The number of sulfonamides is 1. The molecule has 0 spiro atoms. The van der Waals surface area contributed by atoms with Gasteiger partial charge in [-0.05, 0) is 55.8 Å². The fourth-order valence-corrected chi connectivity index (χ4v) is 9.62. The summed E-state index contributed by atoms with van der Waals surface area (Å²) in [4.78, 5) is 29.8. The number of nitriles is 1. The van der Waals surface area contributed by atoms with Crippen LogP contribution < -0.4 is 9.21 Å². The second-order valence-electron chi connectivity index (χ2n) is 11.7. The predicted molar refractivity (Wildman–Crippen MR) is 153 cm³/mol. The van der Waals surface area contributed by atoms with E-state index < -0.39 is 33.1 Å². The molecule has 4 aromatic carbocycles. The zero-order valence-corrected chi connectivity index (χ0v) is 23.0. The Kier molecular flexibility index (Phi) is 4.75. The minimum atomic E-state index is -3.77. The Labute approximate surface area is 236 Å². The van der Waals surface area contributed by atoms with Gasteiger partial charge in [-0.25, -0.2) is 13.3 Å². The molecule has 8 rings (SSSR count). The molecule has 0 aromatic heterocycles. The van der Waals surface area contributed by atoms with E-state index in [0.29, 0.717) is 45.9 Å². The smallest absolute Gasteiger partial charge is 0.265 e. The highest BCUT2D eigenvalue weighted by atomic mass is 32.2. The molecular weight excluding hydrogens is 538 g/mol. The van der Waals surface area contributed by atoms with Crippen LogP contribution in [0.15, 0.2) is 77.7 Å². The van der Waals surface area contributed by atoms with Crippen molar-refractivity contribution < 1.29 is 22.7 Å². The predicted octanol–water partition coefficient (Wildman–Crippen LogP) is 4.89. The molecule has 0 aliphatic carbocycles. The minimum absolute atomic E-state index is 0.136. The maximum absolute atomic E-state index is 14.2. The van der Waals surface area contributed by atoms with Crippen LogP contribution in [0, 0.1) is 23.2 Å². The van der Waals surface area contributed by atoms with Crippen LogP contribution in [0.3, 0.4) is 0 Å². The number of rotatable bonds is 4. The summed E-state index contributed by atoms with van der Waals surface area (Å²) in [6.45, 7) is 2.03. The molecule has 204 valence electrons. The number of benzene rings is 4. The van der Waals surface area contributed by atoms with Crippen LogP contribution >= 0.6 is 0 Å². The lowest BCUT2D eigenvalue weighted by atomic mass is 9.67. The largest absolute Gasteiger partial charge is 0.367 e. The van der Waals surface area contributed by atoms with Gasteiger partial charge in [0, 0.05) is 22.7 Å². The van der Waals surface area contributed by atoms with Crippen molar-refractivity contribution >= 4 is 54.8 Å². The van der Waals surface area contributed by atoms with Gasteiger partial charge in [0.1, 0.15) is 0 Å². The van der Waals surface area contributed by atoms with E-state index in [1.54, 1.807) is 24.3 Å². The lowest BCUT2D eigenvalue weighted by Gasteiger charge is -2.33. The van der Waals surface area contributed by atoms with Gasteiger partial charge in [-0.3, -0.25) is 13.9 Å². The van der Waals surface area contributed by atoms with Gasteiger partial charge in [-0.2, -0.15) is 5.26 Å². The third-order valence-electron chi connectivity index (χ3n) is 9.69. The molecule has 2 amide bonds. The van der Waals surface area contributed by atoms with Gasteiger partial charge in [0.15, 0.2) is 0 Å². The molecule has 3 saturated heterocycles. The zero-order valence-electron chi connectivity index (χ0n) is 22.2. The van der Waals surface area contributed by atoms with Crippen LogP contribution in [0.2, 0.25) is 0 Å². The first-order valence-corrected chi connectivity index (χ1v) is 15.2. The molecule has 0 N–H and O–H groups in total. The summed E-state index contributed by atoms with van der Waals surface area (Å²) >= 11 is 0. The summed E-state index contributed by atoms with van der Waals surface area (Å²) < 4.78 is 35.3. The second kappa shape index (κ2) is 7.93. The van der Waals surface area contributed by atoms with Crippen molar-refractivity contribution in [2.75, 3.05) is 15.7 Å². The quantitative estimate of drug-likeness (QED) is 0.327. The first kappa shape index (κ1) is 24.5. The Bertz CT molecular complexity index is 2010. The Morgan fingerprint density at radius 3 is 2.41 bits per heavy atom. The number of anilines is 2. The molecule has 0 radical (unpaired) electrons. The summed E-state index contributed by atoms with van der Waals surface area (Å²) in [5.41, 5.74) is -0.211. The highest BCUT2D eigenvalue weighted by molar-refractivity contribution is 7.93. The topological polar surface area (TPSA) is 108 Å². The third kappa shape index (κ3) is 2.99. The number of fused-ring (bicyclic) bond motifs is 6. The van der Waals surface area contributed by atoms with Crippen molar-refractivity contribution in [1.82, 2.24) is 0 Å². The number of ether oxygens (including phenoxy) is 1. The molecule has 0 unspecified atom stereocenters. The Morgan fingerprint density at radius 2 is 1.63 bits per heavy atom. The summed E-state index contributed by atoms with van der Waals surface area (Å²) in [7, 11) is -3.77. The first-order chi connectivity index (χ1) is 19.7. The average Bonchev–Trinajstić information content (AvgIpc) is 3.62. The molecule has 41 heavy (non-hydrogen) atoms. The fourth-order valence-electron chi connectivity index (χ4n) is 7.91. The molecule has 4 atom stereocenters. The first-order valence-electron chi connectivity index (χ1n) is 13.7. The van der Waals surface area contributed by atoms with Crippen molar-refractivity contribution in [1.29, 1.82) is 5.26 Å². The van der Waals surface area contributed by atoms with Gasteiger partial charge in [0.05, 0.1) is 50.9 Å². The molecular formula is C32H25N3O5S. The lowest BCUT2D eigenvalue weighted by molar-refractivity contribution is -0.130. The van der Waals surface area contributed by atoms with Gasteiger partial charge in [-0.15, -0.1) is 0 Å². The average molecular weight is 564 g/mol. The summed E-state index contributed by atoms with van der Waals surface area (Å²) in [6.07, 6.45) is 1.46. The normalized spacial score (nSPS) is 29.1. The van der Waals surface area contributed by atoms with E-state index in [9.17, 15) is 23.3 Å². The molecule has 3 fully saturated rings. The van der Waals surface area contributed by atoms with Crippen LogP contribution in [-0.2, 0) is 24.3 Å². The van der Waals surface area contributed by atoms with E-state index in [2.05, 4.69) is 6.07 Å². The maximum atomic E-state index is 14.2. The molecule has 4 aliphatic heterocycles. The summed E-state index contributed by atoms with van der Waals surface area (Å²) in [5, 5.41) is 12.5. The fraction of sp³-hybridized carbons (Fsp3) is 0.281. The van der Waals surface area contributed by atoms with Crippen LogP contribution in [-0.4, -0.2) is 38.0 Å². The van der Waals surface area contributed by atoms with Crippen molar-refractivity contribution in [3.63, 3.8) is 0 Å². The Morgan fingerprint density at radius 1 is 0.902 bits per heavy atom. The number of carbonyl (C=O) groups is 2. The molecule has 0 saturated carbocycles. The highest BCUT2D eigenvalue weighted by Gasteiger charge is 2.74. The van der Waals surface area contributed by atoms with Crippen LogP contribution in [0.5, 0.6) is 0 Å². The number of nitrogens with zero attached hydrogens (tertiary/aromatic N) is 3. The van der Waals surface area contributed by atoms with Gasteiger partial charge < -0.3 is 4.74 Å².